The third kappa shape index (κ3) is 3.93. The summed E-state index contributed by atoms with van der Waals surface area (Å²) in [6.45, 7) is 9.22. The number of carbonyl (C=O) groups excluding carboxylic acids is 2. The van der Waals surface area contributed by atoms with Gasteiger partial charge in [-0.15, -0.1) is 0 Å². The van der Waals surface area contributed by atoms with Crippen LogP contribution < -0.4 is 5.32 Å². The van der Waals surface area contributed by atoms with Crippen molar-refractivity contribution in [1.82, 2.24) is 10.2 Å². The maximum Gasteiger partial charge on any atom is 0.248 e. The maximum atomic E-state index is 12.4. The zero-order valence-electron chi connectivity index (χ0n) is 12.5. The van der Waals surface area contributed by atoms with E-state index >= 15 is 0 Å². The normalized spacial score (nSPS) is 22.5. The lowest BCUT2D eigenvalue weighted by molar-refractivity contribution is -0.154. The first kappa shape index (κ1) is 16.0. The van der Waals surface area contributed by atoms with Crippen molar-refractivity contribution in [3.63, 3.8) is 0 Å². The topological polar surface area (TPSA) is 58.6 Å². The quantitative estimate of drug-likeness (QED) is 0.710. The molecule has 0 saturated carbocycles. The maximum absolute atomic E-state index is 12.4. The molecule has 2 amide bonds. The van der Waals surface area contributed by atoms with Gasteiger partial charge in [-0.1, -0.05) is 20.3 Å². The van der Waals surface area contributed by atoms with Crippen molar-refractivity contribution in [2.45, 2.75) is 58.5 Å². The molecule has 0 radical (unpaired) electrons. The van der Waals surface area contributed by atoms with Gasteiger partial charge in [-0.25, -0.2) is 0 Å². The minimum Gasteiger partial charge on any atom is -0.380 e. The third-order valence-electron chi connectivity index (χ3n) is 3.30. The molecule has 0 spiro atoms. The highest BCUT2D eigenvalue weighted by Gasteiger charge is 2.44. The van der Waals surface area contributed by atoms with E-state index in [0.717, 1.165) is 12.8 Å². The van der Waals surface area contributed by atoms with E-state index in [9.17, 15) is 9.59 Å². The van der Waals surface area contributed by atoms with Crippen LogP contribution in [0, 0.1) is 0 Å². The monoisotopic (exact) mass is 270 g/mol. The molecule has 1 rings (SSSR count). The van der Waals surface area contributed by atoms with Crippen molar-refractivity contribution < 1.29 is 14.3 Å². The lowest BCUT2D eigenvalue weighted by atomic mass is 9.95. The summed E-state index contributed by atoms with van der Waals surface area (Å²) in [5.41, 5.74) is -0.813. The van der Waals surface area contributed by atoms with E-state index in [-0.39, 0.29) is 17.9 Å². The van der Waals surface area contributed by atoms with Crippen LogP contribution in [0.4, 0.5) is 0 Å². The van der Waals surface area contributed by atoms with E-state index in [1.165, 1.54) is 0 Å². The molecular weight excluding hydrogens is 244 g/mol. The first-order chi connectivity index (χ1) is 8.94. The van der Waals surface area contributed by atoms with Crippen LogP contribution in [0.1, 0.15) is 47.0 Å². The molecule has 1 atom stereocenters. The van der Waals surface area contributed by atoms with E-state index < -0.39 is 5.54 Å². The van der Waals surface area contributed by atoms with Crippen molar-refractivity contribution >= 4 is 11.8 Å². The Bertz CT molecular complexity index is 329. The molecule has 1 heterocycles. The molecule has 1 fully saturated rings. The van der Waals surface area contributed by atoms with Crippen LogP contribution in [-0.2, 0) is 14.3 Å². The average Bonchev–Trinajstić information content (AvgIpc) is 2.34. The molecule has 5 heteroatoms. The molecule has 1 unspecified atom stereocenters. The van der Waals surface area contributed by atoms with E-state index in [1.54, 1.807) is 18.7 Å². The van der Waals surface area contributed by atoms with Crippen molar-refractivity contribution in [3.05, 3.63) is 0 Å². The predicted molar refractivity (Wildman–Crippen MR) is 73.7 cm³/mol. The number of carbonyl (C=O) groups is 2. The summed E-state index contributed by atoms with van der Waals surface area (Å²) < 4.78 is 5.44. The molecule has 0 aromatic carbocycles. The van der Waals surface area contributed by atoms with Gasteiger partial charge < -0.3 is 15.0 Å². The zero-order valence-corrected chi connectivity index (χ0v) is 12.5. The summed E-state index contributed by atoms with van der Waals surface area (Å²) in [7, 11) is 0. The van der Waals surface area contributed by atoms with Gasteiger partial charge in [0, 0.05) is 13.2 Å². The van der Waals surface area contributed by atoms with Gasteiger partial charge in [0.25, 0.3) is 0 Å². The predicted octanol–water partition coefficient (Wildman–Crippen LogP) is 1.32. The van der Waals surface area contributed by atoms with E-state index in [4.69, 9.17) is 4.74 Å². The van der Waals surface area contributed by atoms with Crippen LogP contribution in [0.15, 0.2) is 0 Å². The molecule has 1 aliphatic heterocycles. The SMILES string of the molecule is CCCOCCN1C(=O)C(C)(C)NC(=O)C1CCC. The molecule has 110 valence electrons. The van der Waals surface area contributed by atoms with Crippen LogP contribution in [-0.4, -0.2) is 48.1 Å². The standard InChI is InChI=1S/C14H26N2O3/c1-5-7-11-12(17)15-14(3,4)13(18)16(11)8-10-19-9-6-2/h11H,5-10H2,1-4H3,(H,15,17). The summed E-state index contributed by atoms with van der Waals surface area (Å²) in [5, 5.41) is 2.80. The number of nitrogens with one attached hydrogen (secondary N) is 1. The molecule has 0 aliphatic carbocycles. The molecule has 19 heavy (non-hydrogen) atoms. The Morgan fingerprint density at radius 2 is 1.89 bits per heavy atom. The first-order valence-corrected chi connectivity index (χ1v) is 7.14. The Morgan fingerprint density at radius 3 is 2.47 bits per heavy atom. The van der Waals surface area contributed by atoms with Gasteiger partial charge in [0.05, 0.1) is 6.61 Å². The van der Waals surface area contributed by atoms with Crippen molar-refractivity contribution in [3.8, 4) is 0 Å². The lowest BCUT2D eigenvalue weighted by Gasteiger charge is -2.42. The summed E-state index contributed by atoms with van der Waals surface area (Å²) >= 11 is 0. The minimum atomic E-state index is -0.813. The molecule has 5 nitrogen and oxygen atoms in total. The van der Waals surface area contributed by atoms with Crippen LogP contribution in [0.5, 0.6) is 0 Å². The molecule has 0 aromatic heterocycles. The number of rotatable bonds is 7. The van der Waals surface area contributed by atoms with E-state index in [0.29, 0.717) is 26.2 Å². The number of ether oxygens (including phenoxy) is 1. The van der Waals surface area contributed by atoms with Crippen LogP contribution in [0.2, 0.25) is 0 Å². The van der Waals surface area contributed by atoms with Crippen molar-refractivity contribution in [1.29, 1.82) is 0 Å². The third-order valence-corrected chi connectivity index (χ3v) is 3.30. The van der Waals surface area contributed by atoms with Crippen LogP contribution in [0.3, 0.4) is 0 Å². The van der Waals surface area contributed by atoms with Crippen molar-refractivity contribution in [2.75, 3.05) is 19.8 Å². The fourth-order valence-corrected chi connectivity index (χ4v) is 2.31. The summed E-state index contributed by atoms with van der Waals surface area (Å²) in [6, 6.07) is -0.351. The van der Waals surface area contributed by atoms with Gasteiger partial charge in [-0.2, -0.15) is 0 Å². The van der Waals surface area contributed by atoms with Gasteiger partial charge in [-0.3, -0.25) is 9.59 Å². The second-order valence-electron chi connectivity index (χ2n) is 5.53. The largest absolute Gasteiger partial charge is 0.380 e. The van der Waals surface area contributed by atoms with Crippen LogP contribution in [0.25, 0.3) is 0 Å². The minimum absolute atomic E-state index is 0.0225. The summed E-state index contributed by atoms with van der Waals surface area (Å²) in [4.78, 5) is 26.2. The molecule has 1 N–H and O–H groups in total. The highest BCUT2D eigenvalue weighted by atomic mass is 16.5. The smallest absolute Gasteiger partial charge is 0.248 e. The number of amides is 2. The van der Waals surface area contributed by atoms with Crippen LogP contribution >= 0.6 is 0 Å². The molecule has 1 aliphatic rings. The average molecular weight is 270 g/mol. The van der Waals surface area contributed by atoms with Gasteiger partial charge >= 0.3 is 0 Å². The summed E-state index contributed by atoms with van der Waals surface area (Å²) in [5.74, 6) is -0.0763. The fourth-order valence-electron chi connectivity index (χ4n) is 2.31. The second kappa shape index (κ2) is 6.89. The Kier molecular flexibility index (Phi) is 5.79. The Morgan fingerprint density at radius 1 is 1.21 bits per heavy atom. The van der Waals surface area contributed by atoms with E-state index in [2.05, 4.69) is 5.32 Å². The molecule has 0 aromatic rings. The Hall–Kier alpha value is -1.10. The number of nitrogens with zero attached hydrogens (tertiary/aromatic N) is 1. The van der Waals surface area contributed by atoms with Gasteiger partial charge in [0.2, 0.25) is 11.8 Å². The molecular formula is C14H26N2O3. The fraction of sp³-hybridized carbons (Fsp3) is 0.857. The van der Waals surface area contributed by atoms with Crippen molar-refractivity contribution in [2.24, 2.45) is 0 Å². The first-order valence-electron chi connectivity index (χ1n) is 7.14. The lowest BCUT2D eigenvalue weighted by Crippen LogP contribution is -2.68. The summed E-state index contributed by atoms with van der Waals surface area (Å²) in [6.07, 6.45) is 2.53. The van der Waals surface area contributed by atoms with Gasteiger partial charge in [0.15, 0.2) is 0 Å². The van der Waals surface area contributed by atoms with Gasteiger partial charge in [-0.05, 0) is 26.7 Å². The number of hydrogen-bond donors (Lipinski definition) is 1. The second-order valence-corrected chi connectivity index (χ2v) is 5.53. The Labute approximate surface area is 115 Å². The number of piperazine rings is 1. The number of hydrogen-bond acceptors (Lipinski definition) is 3. The zero-order chi connectivity index (χ0) is 14.5. The van der Waals surface area contributed by atoms with E-state index in [1.807, 2.05) is 13.8 Å². The van der Waals surface area contributed by atoms with Gasteiger partial charge in [0.1, 0.15) is 11.6 Å². The molecule has 0 bridgehead atoms. The highest BCUT2D eigenvalue weighted by molar-refractivity contribution is 5.99. The highest BCUT2D eigenvalue weighted by Crippen LogP contribution is 2.20. The molecule has 1 saturated heterocycles. The Balaban J connectivity index is 2.72.